The fraction of sp³-hybridized carbons (Fsp3) is 0.538. The Morgan fingerprint density at radius 2 is 2.05 bits per heavy atom. The van der Waals surface area contributed by atoms with Crippen LogP contribution < -0.4 is 4.74 Å². The van der Waals surface area contributed by atoms with Crippen LogP contribution in [-0.4, -0.2) is 42.9 Å². The molecule has 0 saturated carbocycles. The first-order chi connectivity index (χ1) is 9.74. The second-order valence-corrected chi connectivity index (χ2v) is 4.85. The minimum absolute atomic E-state index is 0.0844. The molecule has 3 rings (SSSR count). The van der Waals surface area contributed by atoms with Crippen LogP contribution in [-0.2, 0) is 22.6 Å². The van der Waals surface area contributed by atoms with Gasteiger partial charge in [-0.3, -0.25) is 15.0 Å². The molecule has 0 aromatic heterocycles. The summed E-state index contributed by atoms with van der Waals surface area (Å²) in [4.78, 5) is 12.9. The Hall–Kier alpha value is -1.70. The lowest BCUT2D eigenvalue weighted by molar-refractivity contribution is -0.385. The molecule has 7 heteroatoms. The maximum Gasteiger partial charge on any atom is 0.270 e. The van der Waals surface area contributed by atoms with Gasteiger partial charge in [0.15, 0.2) is 6.79 Å². The van der Waals surface area contributed by atoms with Crippen molar-refractivity contribution < 1.29 is 19.1 Å². The SMILES string of the molecule is O=[N+]([O-])c1cc2c(c(CN3CCOCC3)c1)OCOC2. The van der Waals surface area contributed by atoms with Crippen LogP contribution in [0, 0.1) is 10.1 Å². The van der Waals surface area contributed by atoms with Crippen LogP contribution in [0.25, 0.3) is 0 Å². The summed E-state index contributed by atoms with van der Waals surface area (Å²) in [5, 5.41) is 11.0. The van der Waals surface area contributed by atoms with Crippen molar-refractivity contribution in [2.24, 2.45) is 0 Å². The molecule has 1 aromatic rings. The molecule has 2 aliphatic heterocycles. The Kier molecular flexibility index (Phi) is 3.81. The van der Waals surface area contributed by atoms with E-state index in [4.69, 9.17) is 14.2 Å². The molecule has 0 amide bonds. The van der Waals surface area contributed by atoms with Crippen LogP contribution in [0.1, 0.15) is 11.1 Å². The van der Waals surface area contributed by atoms with E-state index in [9.17, 15) is 10.1 Å². The summed E-state index contributed by atoms with van der Waals surface area (Å²) >= 11 is 0. The van der Waals surface area contributed by atoms with E-state index in [1.54, 1.807) is 6.07 Å². The average molecular weight is 280 g/mol. The number of fused-ring (bicyclic) bond motifs is 1. The van der Waals surface area contributed by atoms with Gasteiger partial charge < -0.3 is 14.2 Å². The fourth-order valence-corrected chi connectivity index (χ4v) is 2.50. The highest BCUT2D eigenvalue weighted by Gasteiger charge is 2.22. The second kappa shape index (κ2) is 5.74. The van der Waals surface area contributed by atoms with Gasteiger partial charge in [0.1, 0.15) is 5.75 Å². The van der Waals surface area contributed by atoms with Crippen molar-refractivity contribution >= 4 is 5.69 Å². The van der Waals surface area contributed by atoms with Crippen LogP contribution in [0.3, 0.4) is 0 Å². The molecule has 108 valence electrons. The average Bonchev–Trinajstić information content (AvgIpc) is 2.48. The molecule has 20 heavy (non-hydrogen) atoms. The van der Waals surface area contributed by atoms with Gasteiger partial charge in [-0.15, -0.1) is 0 Å². The smallest absolute Gasteiger partial charge is 0.270 e. The predicted molar refractivity (Wildman–Crippen MR) is 69.5 cm³/mol. The van der Waals surface area contributed by atoms with E-state index >= 15 is 0 Å². The molecule has 0 spiro atoms. The number of hydrogen-bond acceptors (Lipinski definition) is 6. The number of nitrogens with zero attached hydrogens (tertiary/aromatic N) is 2. The molecular formula is C13H16N2O5. The van der Waals surface area contributed by atoms with Crippen LogP contribution in [0.2, 0.25) is 0 Å². The Morgan fingerprint density at radius 1 is 1.25 bits per heavy atom. The summed E-state index contributed by atoms with van der Waals surface area (Å²) in [7, 11) is 0. The first kappa shape index (κ1) is 13.3. The summed E-state index contributed by atoms with van der Waals surface area (Å²) in [6, 6.07) is 3.12. The summed E-state index contributed by atoms with van der Waals surface area (Å²) in [5.74, 6) is 0.730. The van der Waals surface area contributed by atoms with Gasteiger partial charge in [0.25, 0.3) is 5.69 Å². The second-order valence-electron chi connectivity index (χ2n) is 4.85. The zero-order chi connectivity index (χ0) is 13.9. The highest BCUT2D eigenvalue weighted by molar-refractivity contribution is 5.50. The van der Waals surface area contributed by atoms with Gasteiger partial charge in [-0.25, -0.2) is 0 Å². The largest absolute Gasteiger partial charge is 0.467 e. The van der Waals surface area contributed by atoms with Crippen molar-refractivity contribution in [1.29, 1.82) is 0 Å². The van der Waals surface area contributed by atoms with E-state index < -0.39 is 0 Å². The summed E-state index contributed by atoms with van der Waals surface area (Å²) < 4.78 is 16.0. The summed E-state index contributed by atoms with van der Waals surface area (Å²) in [6.07, 6.45) is 0. The van der Waals surface area contributed by atoms with Crippen molar-refractivity contribution in [3.63, 3.8) is 0 Å². The van der Waals surface area contributed by atoms with Crippen LogP contribution >= 0.6 is 0 Å². The van der Waals surface area contributed by atoms with E-state index in [2.05, 4.69) is 4.90 Å². The van der Waals surface area contributed by atoms with Crippen LogP contribution in [0.15, 0.2) is 12.1 Å². The molecule has 7 nitrogen and oxygen atoms in total. The van der Waals surface area contributed by atoms with Crippen molar-refractivity contribution in [2.75, 3.05) is 33.1 Å². The predicted octanol–water partition coefficient (Wildman–Crippen LogP) is 1.29. The number of ether oxygens (including phenoxy) is 3. The van der Waals surface area contributed by atoms with Gasteiger partial charge in [-0.1, -0.05) is 0 Å². The molecule has 1 fully saturated rings. The molecule has 0 unspecified atom stereocenters. The Labute approximate surface area is 116 Å². The highest BCUT2D eigenvalue weighted by Crippen LogP contribution is 2.33. The zero-order valence-corrected chi connectivity index (χ0v) is 11.0. The topological polar surface area (TPSA) is 74.1 Å². The third kappa shape index (κ3) is 2.74. The molecule has 0 N–H and O–H groups in total. The monoisotopic (exact) mass is 280 g/mol. The molecule has 2 aliphatic rings. The van der Waals surface area contributed by atoms with Crippen molar-refractivity contribution in [2.45, 2.75) is 13.2 Å². The lowest BCUT2D eigenvalue weighted by atomic mass is 10.1. The molecule has 1 aromatic carbocycles. The van der Waals surface area contributed by atoms with Crippen molar-refractivity contribution in [3.8, 4) is 5.75 Å². The van der Waals surface area contributed by atoms with Crippen LogP contribution in [0.5, 0.6) is 5.75 Å². The third-order valence-electron chi connectivity index (χ3n) is 3.48. The molecule has 2 heterocycles. The normalized spacial score (nSPS) is 19.2. The Morgan fingerprint density at radius 3 is 2.80 bits per heavy atom. The van der Waals surface area contributed by atoms with Crippen molar-refractivity contribution in [3.05, 3.63) is 33.4 Å². The van der Waals surface area contributed by atoms with Gasteiger partial charge in [-0.05, 0) is 0 Å². The van der Waals surface area contributed by atoms with Gasteiger partial charge in [0.05, 0.1) is 24.7 Å². The maximum absolute atomic E-state index is 11.0. The molecule has 0 bridgehead atoms. The lowest BCUT2D eigenvalue weighted by Crippen LogP contribution is -2.36. The van der Waals surface area contributed by atoms with E-state index in [0.717, 1.165) is 30.0 Å². The molecule has 0 aliphatic carbocycles. The Bertz CT molecular complexity index is 514. The van der Waals surface area contributed by atoms with E-state index in [0.29, 0.717) is 26.4 Å². The van der Waals surface area contributed by atoms with E-state index in [-0.39, 0.29) is 17.4 Å². The minimum Gasteiger partial charge on any atom is -0.467 e. The van der Waals surface area contributed by atoms with Crippen molar-refractivity contribution in [1.82, 2.24) is 4.90 Å². The number of benzene rings is 1. The number of rotatable bonds is 3. The fourth-order valence-electron chi connectivity index (χ4n) is 2.50. The molecular weight excluding hydrogens is 264 g/mol. The van der Waals surface area contributed by atoms with Gasteiger partial charge in [-0.2, -0.15) is 0 Å². The summed E-state index contributed by atoms with van der Waals surface area (Å²) in [5.41, 5.74) is 1.68. The first-order valence-electron chi connectivity index (χ1n) is 6.55. The minimum atomic E-state index is -0.377. The van der Waals surface area contributed by atoms with E-state index in [1.807, 2.05) is 0 Å². The number of hydrogen-bond donors (Lipinski definition) is 0. The van der Waals surface area contributed by atoms with Gasteiger partial charge >= 0.3 is 0 Å². The van der Waals surface area contributed by atoms with Gasteiger partial charge in [0.2, 0.25) is 0 Å². The number of nitro benzene ring substituents is 1. The standard InChI is InChI=1S/C13H16N2O5/c16-15(17)12-5-10(7-14-1-3-18-4-2-14)13-11(6-12)8-19-9-20-13/h5-6H,1-4,7-9H2. The third-order valence-corrected chi connectivity index (χ3v) is 3.48. The van der Waals surface area contributed by atoms with E-state index in [1.165, 1.54) is 6.07 Å². The quantitative estimate of drug-likeness (QED) is 0.613. The maximum atomic E-state index is 11.0. The number of morpholine rings is 1. The number of non-ortho nitro benzene ring substituents is 1. The molecule has 0 atom stereocenters. The highest BCUT2D eigenvalue weighted by atomic mass is 16.7. The number of nitro groups is 1. The molecule has 1 saturated heterocycles. The first-order valence-corrected chi connectivity index (χ1v) is 6.55. The summed E-state index contributed by atoms with van der Waals surface area (Å²) in [6.45, 7) is 4.23. The van der Waals surface area contributed by atoms with Crippen LogP contribution in [0.4, 0.5) is 5.69 Å². The Balaban J connectivity index is 1.90. The lowest BCUT2D eigenvalue weighted by Gasteiger charge is -2.28. The van der Waals surface area contributed by atoms with Gasteiger partial charge in [0, 0.05) is 42.9 Å². The zero-order valence-electron chi connectivity index (χ0n) is 11.0. The molecule has 0 radical (unpaired) electrons.